The molecule has 0 unspecified atom stereocenters. The molecule has 0 aromatic heterocycles. The highest BCUT2D eigenvalue weighted by Crippen LogP contribution is 2.39. The minimum atomic E-state index is -0.0701. The monoisotopic (exact) mass is 313 g/mol. The Morgan fingerprint density at radius 3 is 2.67 bits per heavy atom. The van der Waals surface area contributed by atoms with Crippen LogP contribution in [0.3, 0.4) is 0 Å². The smallest absolute Gasteiger partial charge is 0.126 e. The van der Waals surface area contributed by atoms with Crippen LogP contribution in [0.2, 0.25) is 0 Å². The Hall–Kier alpha value is -0.410. The van der Waals surface area contributed by atoms with Gasteiger partial charge in [0.15, 0.2) is 0 Å². The third kappa shape index (κ3) is 3.33. The van der Waals surface area contributed by atoms with E-state index in [0.717, 1.165) is 23.0 Å². The van der Waals surface area contributed by atoms with Gasteiger partial charge in [-0.2, -0.15) is 0 Å². The zero-order valence-corrected chi connectivity index (χ0v) is 12.5. The van der Waals surface area contributed by atoms with Crippen LogP contribution >= 0.6 is 15.9 Å². The second-order valence-corrected chi connectivity index (χ2v) is 6.42. The first-order valence-corrected chi connectivity index (χ1v) is 7.53. The summed E-state index contributed by atoms with van der Waals surface area (Å²) in [7, 11) is 1.99. The highest BCUT2D eigenvalue weighted by atomic mass is 79.9. The van der Waals surface area contributed by atoms with Crippen molar-refractivity contribution in [3.05, 3.63) is 34.1 Å². The Morgan fingerprint density at radius 2 is 2.00 bits per heavy atom. The van der Waals surface area contributed by atoms with Crippen molar-refractivity contribution in [2.75, 3.05) is 13.6 Å². The van der Waals surface area contributed by atoms with Gasteiger partial charge in [-0.3, -0.25) is 0 Å². The molecular weight excluding hydrogens is 293 g/mol. The van der Waals surface area contributed by atoms with Crippen LogP contribution in [0.4, 0.5) is 4.39 Å². The lowest BCUT2D eigenvalue weighted by atomic mass is 9.70. The molecule has 1 nitrogen and oxygen atoms in total. The largest absolute Gasteiger partial charge is 0.319 e. The molecular formula is C15H21BrFN. The maximum Gasteiger partial charge on any atom is 0.126 e. The minimum Gasteiger partial charge on any atom is -0.319 e. The van der Waals surface area contributed by atoms with Crippen LogP contribution in [0.15, 0.2) is 22.7 Å². The fourth-order valence-electron chi connectivity index (χ4n) is 3.18. The molecule has 1 aromatic rings. The molecule has 0 heterocycles. The molecule has 2 rings (SSSR count). The molecule has 1 aliphatic carbocycles. The first kappa shape index (κ1) is 14.0. The van der Waals surface area contributed by atoms with Crippen molar-refractivity contribution >= 4 is 15.9 Å². The van der Waals surface area contributed by atoms with E-state index in [4.69, 9.17) is 0 Å². The van der Waals surface area contributed by atoms with E-state index in [1.807, 2.05) is 13.1 Å². The summed E-state index contributed by atoms with van der Waals surface area (Å²) in [6.45, 7) is 0.985. The van der Waals surface area contributed by atoms with Crippen LogP contribution in [0.5, 0.6) is 0 Å². The lowest BCUT2D eigenvalue weighted by molar-refractivity contribution is 0.183. The van der Waals surface area contributed by atoms with Crippen molar-refractivity contribution < 1.29 is 4.39 Å². The summed E-state index contributed by atoms with van der Waals surface area (Å²) in [6, 6.07) is 5.26. The van der Waals surface area contributed by atoms with E-state index in [-0.39, 0.29) is 11.2 Å². The molecule has 0 bridgehead atoms. The lowest BCUT2D eigenvalue weighted by Crippen LogP contribution is -2.36. The fourth-order valence-corrected chi connectivity index (χ4v) is 3.58. The van der Waals surface area contributed by atoms with E-state index >= 15 is 0 Å². The van der Waals surface area contributed by atoms with Crippen LogP contribution in [-0.4, -0.2) is 13.6 Å². The van der Waals surface area contributed by atoms with Gasteiger partial charge in [-0.25, -0.2) is 4.39 Å². The molecule has 1 N–H and O–H groups in total. The van der Waals surface area contributed by atoms with Gasteiger partial charge < -0.3 is 5.32 Å². The van der Waals surface area contributed by atoms with Crippen LogP contribution < -0.4 is 5.32 Å². The maximum absolute atomic E-state index is 13.9. The topological polar surface area (TPSA) is 12.0 Å². The molecule has 0 radical (unpaired) electrons. The van der Waals surface area contributed by atoms with E-state index in [0.29, 0.717) is 0 Å². The molecule has 1 aliphatic rings. The normalized spacial score (nSPS) is 18.8. The van der Waals surface area contributed by atoms with Gasteiger partial charge in [0, 0.05) is 11.0 Å². The first-order valence-electron chi connectivity index (χ1n) is 6.74. The number of halogens is 2. The van der Waals surface area contributed by atoms with Crippen molar-refractivity contribution in [3.63, 3.8) is 0 Å². The Balaban J connectivity index is 2.19. The van der Waals surface area contributed by atoms with Crippen LogP contribution in [-0.2, 0) is 6.42 Å². The summed E-state index contributed by atoms with van der Waals surface area (Å²) in [5.74, 6) is -0.0701. The molecule has 3 heteroatoms. The molecule has 0 spiro atoms. The summed E-state index contributed by atoms with van der Waals surface area (Å²) in [4.78, 5) is 0. The van der Waals surface area contributed by atoms with Gasteiger partial charge in [0.05, 0.1) is 0 Å². The maximum atomic E-state index is 13.9. The molecule has 0 saturated heterocycles. The van der Waals surface area contributed by atoms with Gasteiger partial charge in [0.2, 0.25) is 0 Å². The molecule has 100 valence electrons. The van der Waals surface area contributed by atoms with E-state index in [1.54, 1.807) is 12.1 Å². The van der Waals surface area contributed by atoms with Crippen molar-refractivity contribution in [1.29, 1.82) is 0 Å². The van der Waals surface area contributed by atoms with E-state index < -0.39 is 0 Å². The SMILES string of the molecule is CNCC1(Cc2cc(Br)ccc2F)CCCCC1. The molecule has 0 amide bonds. The molecule has 1 saturated carbocycles. The van der Waals surface area contributed by atoms with E-state index in [2.05, 4.69) is 21.2 Å². The van der Waals surface area contributed by atoms with Gasteiger partial charge in [0.1, 0.15) is 5.82 Å². The fraction of sp³-hybridized carbons (Fsp3) is 0.600. The zero-order valence-electron chi connectivity index (χ0n) is 10.9. The van der Waals surface area contributed by atoms with Gasteiger partial charge in [0.25, 0.3) is 0 Å². The molecule has 1 fully saturated rings. The Kier molecular flexibility index (Phi) is 4.79. The third-order valence-corrected chi connectivity index (χ3v) is 4.53. The molecule has 0 atom stereocenters. The number of benzene rings is 1. The molecule has 0 aliphatic heterocycles. The highest BCUT2D eigenvalue weighted by Gasteiger charge is 2.32. The van der Waals surface area contributed by atoms with E-state index in [1.165, 1.54) is 32.1 Å². The lowest BCUT2D eigenvalue weighted by Gasteiger charge is -2.37. The highest BCUT2D eigenvalue weighted by molar-refractivity contribution is 9.10. The predicted octanol–water partition coefficient (Wildman–Crippen LogP) is 4.30. The summed E-state index contributed by atoms with van der Waals surface area (Å²) in [6.07, 6.45) is 7.14. The van der Waals surface area contributed by atoms with Gasteiger partial charge in [-0.1, -0.05) is 35.2 Å². The first-order chi connectivity index (χ1) is 8.65. The Labute approximate surface area is 117 Å². The summed E-state index contributed by atoms with van der Waals surface area (Å²) in [5.41, 5.74) is 1.09. The van der Waals surface area contributed by atoms with Gasteiger partial charge in [-0.15, -0.1) is 0 Å². The van der Waals surface area contributed by atoms with Crippen LogP contribution in [0, 0.1) is 11.2 Å². The van der Waals surface area contributed by atoms with Gasteiger partial charge >= 0.3 is 0 Å². The van der Waals surface area contributed by atoms with Crippen LogP contribution in [0.25, 0.3) is 0 Å². The predicted molar refractivity (Wildman–Crippen MR) is 77.2 cm³/mol. The van der Waals surface area contributed by atoms with Crippen molar-refractivity contribution in [3.8, 4) is 0 Å². The number of hydrogen-bond acceptors (Lipinski definition) is 1. The standard InChI is InChI=1S/C15H21BrFN/c1-18-11-15(7-3-2-4-8-15)10-12-9-13(16)5-6-14(12)17/h5-6,9,18H,2-4,7-8,10-11H2,1H3. The summed E-state index contributed by atoms with van der Waals surface area (Å²) < 4.78 is 14.9. The van der Waals surface area contributed by atoms with Crippen LogP contribution in [0.1, 0.15) is 37.7 Å². The number of hydrogen-bond donors (Lipinski definition) is 1. The molecule has 18 heavy (non-hydrogen) atoms. The second kappa shape index (κ2) is 6.16. The van der Waals surface area contributed by atoms with E-state index in [9.17, 15) is 4.39 Å². The average molecular weight is 314 g/mol. The zero-order chi connectivity index (χ0) is 13.0. The summed E-state index contributed by atoms with van der Waals surface area (Å²) >= 11 is 3.44. The minimum absolute atomic E-state index is 0.0701. The Bertz CT molecular complexity index is 394. The molecule has 1 aromatic carbocycles. The Morgan fingerprint density at radius 1 is 1.28 bits per heavy atom. The quantitative estimate of drug-likeness (QED) is 0.874. The van der Waals surface area contributed by atoms with Crippen molar-refractivity contribution in [1.82, 2.24) is 5.32 Å². The average Bonchev–Trinajstić information content (AvgIpc) is 2.35. The van der Waals surface area contributed by atoms with Crippen molar-refractivity contribution in [2.45, 2.75) is 38.5 Å². The third-order valence-electron chi connectivity index (χ3n) is 4.04. The van der Waals surface area contributed by atoms with Gasteiger partial charge in [-0.05, 0) is 55.5 Å². The van der Waals surface area contributed by atoms with Crippen molar-refractivity contribution in [2.24, 2.45) is 5.41 Å². The second-order valence-electron chi connectivity index (χ2n) is 5.50. The number of rotatable bonds is 4. The number of nitrogens with one attached hydrogen (secondary N) is 1. The summed E-state index contributed by atoms with van der Waals surface area (Å²) in [5, 5.41) is 3.30.